The first kappa shape index (κ1) is 12.6. The Balaban J connectivity index is 1.85. The van der Waals surface area contributed by atoms with Gasteiger partial charge < -0.3 is 9.64 Å². The number of allylic oxidation sites excluding steroid dienone is 1. The van der Waals surface area contributed by atoms with Gasteiger partial charge in [0.2, 0.25) is 5.91 Å². The van der Waals surface area contributed by atoms with Crippen LogP contribution in [0.3, 0.4) is 0 Å². The zero-order chi connectivity index (χ0) is 12.3. The molecule has 0 unspecified atom stereocenters. The summed E-state index contributed by atoms with van der Waals surface area (Å²) in [5, 5.41) is 0. The lowest BCUT2D eigenvalue weighted by molar-refractivity contribution is -0.126. The van der Waals surface area contributed by atoms with E-state index in [9.17, 15) is 4.79 Å². The summed E-state index contributed by atoms with van der Waals surface area (Å²) in [5.41, 5.74) is 2.39. The lowest BCUT2D eigenvalue weighted by Gasteiger charge is -2.23. The van der Waals surface area contributed by atoms with Crippen molar-refractivity contribution in [2.75, 3.05) is 26.3 Å². The highest BCUT2D eigenvalue weighted by atomic mass is 16.5. The van der Waals surface area contributed by atoms with E-state index in [1.807, 2.05) is 18.7 Å². The second-order valence-electron chi connectivity index (χ2n) is 5.15. The van der Waals surface area contributed by atoms with Gasteiger partial charge in [0.1, 0.15) is 0 Å². The van der Waals surface area contributed by atoms with Crippen LogP contribution in [0.25, 0.3) is 0 Å². The number of nitrogens with zero attached hydrogens (tertiary/aromatic N) is 1. The number of amides is 1. The van der Waals surface area contributed by atoms with E-state index in [1.54, 1.807) is 0 Å². The summed E-state index contributed by atoms with van der Waals surface area (Å²) >= 11 is 0. The molecule has 96 valence electrons. The Hall–Kier alpha value is -0.830. The van der Waals surface area contributed by atoms with Crippen LogP contribution < -0.4 is 0 Å². The predicted molar refractivity (Wildman–Crippen MR) is 67.7 cm³/mol. The Labute approximate surface area is 104 Å². The van der Waals surface area contributed by atoms with Crippen molar-refractivity contribution in [1.29, 1.82) is 0 Å². The Kier molecular flexibility index (Phi) is 4.21. The summed E-state index contributed by atoms with van der Waals surface area (Å²) in [6.45, 7) is 7.36. The molecular weight excluding hydrogens is 214 g/mol. The van der Waals surface area contributed by atoms with Crippen LogP contribution in [0.2, 0.25) is 0 Å². The minimum absolute atomic E-state index is 0.263. The van der Waals surface area contributed by atoms with Crippen molar-refractivity contribution in [3.63, 3.8) is 0 Å². The third-order valence-corrected chi connectivity index (χ3v) is 3.94. The van der Waals surface area contributed by atoms with E-state index in [-0.39, 0.29) is 5.91 Å². The van der Waals surface area contributed by atoms with Crippen LogP contribution in [0.1, 0.15) is 39.5 Å². The van der Waals surface area contributed by atoms with Crippen molar-refractivity contribution in [2.45, 2.75) is 39.5 Å². The Morgan fingerprint density at radius 1 is 1.47 bits per heavy atom. The maximum Gasteiger partial charge on any atom is 0.249 e. The second-order valence-corrected chi connectivity index (χ2v) is 5.15. The third kappa shape index (κ3) is 2.89. The first-order chi connectivity index (χ1) is 8.22. The summed E-state index contributed by atoms with van der Waals surface area (Å²) < 4.78 is 5.44. The topological polar surface area (TPSA) is 29.5 Å². The van der Waals surface area contributed by atoms with Gasteiger partial charge in [-0.15, -0.1) is 0 Å². The number of carbonyl (C=O) groups excluding carboxylic acids is 1. The molecule has 0 aromatic carbocycles. The maximum absolute atomic E-state index is 12.2. The quantitative estimate of drug-likeness (QED) is 0.703. The number of rotatable bonds is 4. The van der Waals surface area contributed by atoms with E-state index in [0.29, 0.717) is 5.92 Å². The zero-order valence-electron chi connectivity index (χ0n) is 11.0. The molecule has 1 aliphatic heterocycles. The van der Waals surface area contributed by atoms with Crippen LogP contribution in [0.15, 0.2) is 11.1 Å². The fraction of sp³-hybridized carbons (Fsp3) is 0.786. The van der Waals surface area contributed by atoms with Gasteiger partial charge >= 0.3 is 0 Å². The van der Waals surface area contributed by atoms with Gasteiger partial charge in [-0.3, -0.25) is 4.79 Å². The molecule has 0 radical (unpaired) electrons. The van der Waals surface area contributed by atoms with Gasteiger partial charge in [0.25, 0.3) is 0 Å². The fourth-order valence-corrected chi connectivity index (χ4v) is 2.55. The number of ether oxygens (including phenoxy) is 1. The molecule has 1 atom stereocenters. The molecule has 1 amide bonds. The monoisotopic (exact) mass is 237 g/mol. The maximum atomic E-state index is 12.2. The highest BCUT2D eigenvalue weighted by molar-refractivity contribution is 5.94. The van der Waals surface area contributed by atoms with Crippen LogP contribution in [0.5, 0.6) is 0 Å². The largest absolute Gasteiger partial charge is 0.381 e. The number of hydrogen-bond donors (Lipinski definition) is 0. The lowest BCUT2D eigenvalue weighted by Crippen LogP contribution is -2.31. The molecule has 0 bridgehead atoms. The molecule has 0 N–H and O–H groups in total. The molecule has 0 spiro atoms. The number of likely N-dealkylation sites (tertiary alicyclic amines) is 1. The molecular formula is C14H23NO2. The van der Waals surface area contributed by atoms with Gasteiger partial charge in [-0.05, 0) is 39.5 Å². The van der Waals surface area contributed by atoms with Crippen LogP contribution in [-0.2, 0) is 9.53 Å². The van der Waals surface area contributed by atoms with E-state index in [2.05, 4.69) is 0 Å². The smallest absolute Gasteiger partial charge is 0.249 e. The van der Waals surface area contributed by atoms with Crippen molar-refractivity contribution in [3.8, 4) is 0 Å². The van der Waals surface area contributed by atoms with E-state index >= 15 is 0 Å². The molecule has 2 aliphatic rings. The van der Waals surface area contributed by atoms with Crippen LogP contribution in [0.4, 0.5) is 0 Å². The first-order valence-electron chi connectivity index (χ1n) is 6.78. The number of carbonyl (C=O) groups is 1. The summed E-state index contributed by atoms with van der Waals surface area (Å²) in [6.07, 6.45) is 4.61. The predicted octanol–water partition coefficient (Wildman–Crippen LogP) is 2.37. The highest BCUT2D eigenvalue weighted by Crippen LogP contribution is 2.30. The average Bonchev–Trinajstić information content (AvgIpc) is 2.71. The standard InChI is InChI=1S/C14H23NO2/c1-3-17-10-12-7-8-15(9-12)14(16)11(2)13-5-4-6-13/h12H,3-10H2,1-2H3/t12-/m1/s1. The molecule has 0 aromatic heterocycles. The Morgan fingerprint density at radius 3 is 2.82 bits per heavy atom. The molecule has 3 nitrogen and oxygen atoms in total. The molecule has 3 heteroatoms. The second kappa shape index (κ2) is 5.67. The number of hydrogen-bond acceptors (Lipinski definition) is 2. The third-order valence-electron chi connectivity index (χ3n) is 3.94. The van der Waals surface area contributed by atoms with Crippen molar-refractivity contribution >= 4 is 5.91 Å². The van der Waals surface area contributed by atoms with Gasteiger partial charge in [0.15, 0.2) is 0 Å². The van der Waals surface area contributed by atoms with E-state index in [0.717, 1.165) is 51.1 Å². The minimum Gasteiger partial charge on any atom is -0.381 e. The summed E-state index contributed by atoms with van der Waals surface area (Å²) in [5.74, 6) is 0.803. The summed E-state index contributed by atoms with van der Waals surface area (Å²) in [6, 6.07) is 0. The van der Waals surface area contributed by atoms with Crippen LogP contribution in [0, 0.1) is 5.92 Å². The fourth-order valence-electron chi connectivity index (χ4n) is 2.55. The van der Waals surface area contributed by atoms with Gasteiger partial charge in [0.05, 0.1) is 6.61 Å². The Morgan fingerprint density at radius 2 is 2.24 bits per heavy atom. The van der Waals surface area contributed by atoms with Crippen molar-refractivity contribution in [1.82, 2.24) is 4.90 Å². The van der Waals surface area contributed by atoms with Crippen molar-refractivity contribution in [2.24, 2.45) is 5.92 Å². The highest BCUT2D eigenvalue weighted by Gasteiger charge is 2.28. The zero-order valence-corrected chi connectivity index (χ0v) is 11.0. The van der Waals surface area contributed by atoms with Gasteiger partial charge in [-0.2, -0.15) is 0 Å². The molecule has 0 aromatic rings. The molecule has 17 heavy (non-hydrogen) atoms. The van der Waals surface area contributed by atoms with Crippen LogP contribution in [-0.4, -0.2) is 37.1 Å². The minimum atomic E-state index is 0.263. The SMILES string of the molecule is CCOC[C@@H]1CCN(C(=O)C(C)=C2CCC2)C1. The van der Waals surface area contributed by atoms with Gasteiger partial charge in [-0.1, -0.05) is 5.57 Å². The van der Waals surface area contributed by atoms with Crippen LogP contribution >= 0.6 is 0 Å². The Bertz CT molecular complexity index is 316. The molecule has 1 saturated heterocycles. The average molecular weight is 237 g/mol. The normalized spacial score (nSPS) is 23.8. The molecule has 1 aliphatic carbocycles. The van der Waals surface area contributed by atoms with E-state index < -0.39 is 0 Å². The molecule has 1 saturated carbocycles. The summed E-state index contributed by atoms with van der Waals surface area (Å²) in [7, 11) is 0. The van der Waals surface area contributed by atoms with Gasteiger partial charge in [0, 0.05) is 31.2 Å². The lowest BCUT2D eigenvalue weighted by atomic mass is 9.88. The van der Waals surface area contributed by atoms with Crippen molar-refractivity contribution < 1.29 is 9.53 Å². The molecule has 2 rings (SSSR count). The van der Waals surface area contributed by atoms with E-state index in [1.165, 1.54) is 12.0 Å². The molecule has 1 heterocycles. The van der Waals surface area contributed by atoms with Gasteiger partial charge in [-0.25, -0.2) is 0 Å². The molecule has 2 fully saturated rings. The van der Waals surface area contributed by atoms with E-state index in [4.69, 9.17) is 4.74 Å². The summed E-state index contributed by atoms with van der Waals surface area (Å²) in [4.78, 5) is 14.2. The van der Waals surface area contributed by atoms with Crippen molar-refractivity contribution in [3.05, 3.63) is 11.1 Å². The first-order valence-corrected chi connectivity index (χ1v) is 6.78.